The topological polar surface area (TPSA) is 84.5 Å². The van der Waals surface area contributed by atoms with Gasteiger partial charge in [0.2, 0.25) is 0 Å². The number of nitrogens with one attached hydrogen (secondary N) is 2. The molecule has 1 amide bonds. The number of ether oxygens (including phenoxy) is 1. The Balaban J connectivity index is 1.65. The first-order valence-electron chi connectivity index (χ1n) is 9.99. The highest BCUT2D eigenvalue weighted by Gasteiger charge is 2.18. The minimum Gasteiger partial charge on any atom is -0.481 e. The largest absolute Gasteiger partial charge is 0.481 e. The van der Waals surface area contributed by atoms with E-state index in [1.54, 1.807) is 25.1 Å². The van der Waals surface area contributed by atoms with Gasteiger partial charge >= 0.3 is 0 Å². The van der Waals surface area contributed by atoms with Gasteiger partial charge in [0.15, 0.2) is 6.10 Å². The third kappa shape index (κ3) is 5.81. The van der Waals surface area contributed by atoms with Crippen LogP contribution in [0.4, 0.5) is 11.4 Å². The van der Waals surface area contributed by atoms with Gasteiger partial charge in [0.25, 0.3) is 15.9 Å². The highest BCUT2D eigenvalue weighted by molar-refractivity contribution is 7.92. The van der Waals surface area contributed by atoms with E-state index >= 15 is 0 Å². The molecule has 3 aromatic rings. The van der Waals surface area contributed by atoms with Gasteiger partial charge in [-0.3, -0.25) is 9.52 Å². The molecule has 8 heteroatoms. The van der Waals surface area contributed by atoms with Crippen molar-refractivity contribution in [1.29, 1.82) is 0 Å². The minimum absolute atomic E-state index is 0.0618. The van der Waals surface area contributed by atoms with E-state index in [1.165, 1.54) is 24.3 Å². The molecular formula is C24H25ClN2O4S. The molecule has 0 aliphatic carbocycles. The number of halogens is 1. The van der Waals surface area contributed by atoms with E-state index in [4.69, 9.17) is 16.3 Å². The van der Waals surface area contributed by atoms with Gasteiger partial charge < -0.3 is 10.1 Å². The fourth-order valence-corrected chi connectivity index (χ4v) is 4.24. The van der Waals surface area contributed by atoms with Crippen molar-refractivity contribution in [3.05, 3.63) is 82.4 Å². The van der Waals surface area contributed by atoms with Gasteiger partial charge in [-0.15, -0.1) is 0 Å². The molecule has 0 bridgehead atoms. The smallest absolute Gasteiger partial charge is 0.265 e. The zero-order chi connectivity index (χ0) is 23.5. The second-order valence-corrected chi connectivity index (χ2v) is 9.70. The summed E-state index contributed by atoms with van der Waals surface area (Å²) in [5.74, 6) is 0.301. The molecule has 2 N–H and O–H groups in total. The van der Waals surface area contributed by atoms with E-state index < -0.39 is 16.1 Å². The number of hydrogen-bond donors (Lipinski definition) is 2. The lowest BCUT2D eigenvalue weighted by Crippen LogP contribution is -2.30. The monoisotopic (exact) mass is 472 g/mol. The summed E-state index contributed by atoms with van der Waals surface area (Å²) in [6, 6.07) is 16.6. The van der Waals surface area contributed by atoms with Crippen LogP contribution in [0.15, 0.2) is 65.6 Å². The predicted molar refractivity (Wildman–Crippen MR) is 128 cm³/mol. The first-order valence-corrected chi connectivity index (χ1v) is 11.8. The zero-order valence-corrected chi connectivity index (χ0v) is 19.8. The van der Waals surface area contributed by atoms with Crippen molar-refractivity contribution < 1.29 is 17.9 Å². The van der Waals surface area contributed by atoms with Crippen molar-refractivity contribution in [2.45, 2.75) is 38.7 Å². The maximum atomic E-state index is 12.6. The van der Waals surface area contributed by atoms with E-state index in [-0.39, 0.29) is 10.8 Å². The molecule has 0 fully saturated rings. The van der Waals surface area contributed by atoms with Crippen molar-refractivity contribution in [1.82, 2.24) is 0 Å². The van der Waals surface area contributed by atoms with Gasteiger partial charge in [0.1, 0.15) is 5.75 Å². The van der Waals surface area contributed by atoms with Crippen molar-refractivity contribution in [3.63, 3.8) is 0 Å². The van der Waals surface area contributed by atoms with Gasteiger partial charge in [-0.25, -0.2) is 8.42 Å². The molecule has 0 aliphatic rings. The van der Waals surface area contributed by atoms with Crippen LogP contribution < -0.4 is 14.8 Å². The average Bonchev–Trinajstić information content (AvgIpc) is 2.73. The molecule has 0 unspecified atom stereocenters. The first kappa shape index (κ1) is 23.6. The van der Waals surface area contributed by atoms with Gasteiger partial charge in [-0.1, -0.05) is 35.4 Å². The molecule has 1 atom stereocenters. The Bertz CT molecular complexity index is 1240. The van der Waals surface area contributed by atoms with Crippen molar-refractivity contribution in [3.8, 4) is 5.75 Å². The molecule has 3 rings (SSSR count). The van der Waals surface area contributed by atoms with Crippen LogP contribution in [-0.2, 0) is 14.8 Å². The lowest BCUT2D eigenvalue weighted by Gasteiger charge is -2.17. The molecule has 6 nitrogen and oxygen atoms in total. The fraction of sp³-hybridized carbons (Fsp3) is 0.208. The molecule has 168 valence electrons. The van der Waals surface area contributed by atoms with Gasteiger partial charge in [-0.05, 0) is 81.3 Å². The Morgan fingerprint density at radius 1 is 0.906 bits per heavy atom. The molecule has 0 saturated carbocycles. The number of carbonyl (C=O) groups excluding carboxylic acids is 1. The number of benzene rings is 3. The van der Waals surface area contributed by atoms with Crippen LogP contribution in [0.1, 0.15) is 23.6 Å². The summed E-state index contributed by atoms with van der Waals surface area (Å²) in [4.78, 5) is 12.6. The van der Waals surface area contributed by atoms with E-state index in [2.05, 4.69) is 10.0 Å². The summed E-state index contributed by atoms with van der Waals surface area (Å²) in [5, 5.41) is 3.21. The van der Waals surface area contributed by atoms with Crippen LogP contribution in [0.2, 0.25) is 5.02 Å². The summed E-state index contributed by atoms with van der Waals surface area (Å²) in [6.45, 7) is 7.40. The maximum absolute atomic E-state index is 12.6. The summed E-state index contributed by atoms with van der Waals surface area (Å²) in [7, 11) is -3.80. The Hall–Kier alpha value is -3.03. The standard InChI is InChI=1S/C24H25ClN2O4S/c1-15-5-12-23(17(3)13-15)31-18(4)24(28)26-19-8-10-21(11-9-19)32(29,30)27-20-7-6-16(2)22(25)14-20/h5-14,18,27H,1-4H3,(H,26,28)/t18-/m1/s1. The first-order chi connectivity index (χ1) is 15.0. The predicted octanol–water partition coefficient (Wildman–Crippen LogP) is 5.47. The Kier molecular flexibility index (Phi) is 7.11. The van der Waals surface area contributed by atoms with Crippen LogP contribution >= 0.6 is 11.6 Å². The Morgan fingerprint density at radius 3 is 2.19 bits per heavy atom. The van der Waals surface area contributed by atoms with Gasteiger partial charge in [0.05, 0.1) is 10.6 Å². The van der Waals surface area contributed by atoms with Crippen LogP contribution in [0.25, 0.3) is 0 Å². The molecule has 0 spiro atoms. The Labute approximate surface area is 193 Å². The molecule has 0 aromatic heterocycles. The van der Waals surface area contributed by atoms with Crippen LogP contribution in [0.5, 0.6) is 5.75 Å². The molecule has 0 heterocycles. The summed E-state index contributed by atoms with van der Waals surface area (Å²) in [5.41, 5.74) is 3.74. The van der Waals surface area contributed by atoms with E-state index in [0.29, 0.717) is 22.1 Å². The second kappa shape index (κ2) is 9.63. The minimum atomic E-state index is -3.80. The SMILES string of the molecule is Cc1ccc(O[C@H](C)C(=O)Nc2ccc(S(=O)(=O)Nc3ccc(C)c(Cl)c3)cc2)c(C)c1. The van der Waals surface area contributed by atoms with Crippen LogP contribution in [0, 0.1) is 20.8 Å². The van der Waals surface area contributed by atoms with E-state index in [0.717, 1.165) is 16.7 Å². The van der Waals surface area contributed by atoms with E-state index in [9.17, 15) is 13.2 Å². The number of sulfonamides is 1. The van der Waals surface area contributed by atoms with Crippen LogP contribution in [0.3, 0.4) is 0 Å². The third-order valence-electron chi connectivity index (χ3n) is 4.86. The van der Waals surface area contributed by atoms with Crippen molar-refractivity contribution >= 4 is 38.9 Å². The molecule has 0 radical (unpaired) electrons. The molecule has 0 saturated heterocycles. The number of aryl methyl sites for hydroxylation is 3. The van der Waals surface area contributed by atoms with Crippen molar-refractivity contribution in [2.75, 3.05) is 10.0 Å². The number of anilines is 2. The van der Waals surface area contributed by atoms with Gasteiger partial charge in [0, 0.05) is 10.7 Å². The van der Waals surface area contributed by atoms with Crippen molar-refractivity contribution in [2.24, 2.45) is 0 Å². The zero-order valence-electron chi connectivity index (χ0n) is 18.3. The Morgan fingerprint density at radius 2 is 1.56 bits per heavy atom. The summed E-state index contributed by atoms with van der Waals surface area (Å²) < 4.78 is 33.5. The highest BCUT2D eigenvalue weighted by Crippen LogP contribution is 2.24. The van der Waals surface area contributed by atoms with E-state index in [1.807, 2.05) is 39.0 Å². The molecule has 0 aliphatic heterocycles. The number of hydrogen-bond acceptors (Lipinski definition) is 4. The third-order valence-corrected chi connectivity index (χ3v) is 6.66. The normalized spacial score (nSPS) is 12.2. The lowest BCUT2D eigenvalue weighted by molar-refractivity contribution is -0.122. The highest BCUT2D eigenvalue weighted by atomic mass is 35.5. The second-order valence-electron chi connectivity index (χ2n) is 7.61. The lowest BCUT2D eigenvalue weighted by atomic mass is 10.1. The average molecular weight is 473 g/mol. The summed E-state index contributed by atoms with van der Waals surface area (Å²) >= 11 is 6.06. The number of amides is 1. The number of carbonyl (C=O) groups is 1. The van der Waals surface area contributed by atoms with Gasteiger partial charge in [-0.2, -0.15) is 0 Å². The maximum Gasteiger partial charge on any atom is 0.265 e. The molecule has 32 heavy (non-hydrogen) atoms. The summed E-state index contributed by atoms with van der Waals surface area (Å²) in [6.07, 6.45) is -0.729. The number of rotatable bonds is 7. The van der Waals surface area contributed by atoms with Crippen LogP contribution in [-0.4, -0.2) is 20.4 Å². The molecular weight excluding hydrogens is 448 g/mol. The molecule has 3 aromatic carbocycles. The quantitative estimate of drug-likeness (QED) is 0.477. The fourth-order valence-electron chi connectivity index (χ4n) is 3.01.